The van der Waals surface area contributed by atoms with Gasteiger partial charge in [0.15, 0.2) is 0 Å². The molecule has 108 valence electrons. The van der Waals surface area contributed by atoms with Crippen LogP contribution in [0.4, 0.5) is 4.79 Å². The van der Waals surface area contributed by atoms with Gasteiger partial charge in [-0.15, -0.1) is 4.74 Å². The van der Waals surface area contributed by atoms with Crippen LogP contribution < -0.4 is 5.63 Å². The second-order valence-corrected chi connectivity index (χ2v) is 6.08. The molecule has 20 heavy (non-hydrogen) atoms. The SMILES string of the molecule is CC(C)c1ccc2c(=O)on(C(=O)OC(C)(C)C)c2c1. The fourth-order valence-electron chi connectivity index (χ4n) is 1.87. The summed E-state index contributed by atoms with van der Waals surface area (Å²) in [4.78, 5) is 23.8. The fraction of sp³-hybridized carbons (Fsp3) is 0.467. The van der Waals surface area contributed by atoms with E-state index in [0.29, 0.717) is 10.9 Å². The van der Waals surface area contributed by atoms with Crippen LogP contribution in [-0.2, 0) is 4.74 Å². The van der Waals surface area contributed by atoms with E-state index in [1.165, 1.54) is 0 Å². The highest BCUT2D eigenvalue weighted by atomic mass is 16.6. The zero-order valence-corrected chi connectivity index (χ0v) is 12.4. The van der Waals surface area contributed by atoms with Crippen LogP contribution in [0.3, 0.4) is 0 Å². The van der Waals surface area contributed by atoms with E-state index in [2.05, 4.69) is 0 Å². The van der Waals surface area contributed by atoms with E-state index in [0.717, 1.165) is 10.3 Å². The summed E-state index contributed by atoms with van der Waals surface area (Å²) in [5.41, 5.74) is 0.272. The second-order valence-electron chi connectivity index (χ2n) is 6.08. The van der Waals surface area contributed by atoms with Crippen molar-refractivity contribution in [1.82, 2.24) is 4.74 Å². The predicted octanol–water partition coefficient (Wildman–Crippen LogP) is 3.50. The Labute approximate surface area is 117 Å². The zero-order chi connectivity index (χ0) is 15.1. The molecule has 0 radical (unpaired) electrons. The lowest BCUT2D eigenvalue weighted by molar-refractivity contribution is 0.0391. The third-order valence-electron chi connectivity index (χ3n) is 2.86. The summed E-state index contributed by atoms with van der Waals surface area (Å²) >= 11 is 0. The standard InChI is InChI=1S/C15H19NO4/c1-9(2)10-6-7-11-12(8-10)16(20-13(11)17)14(18)19-15(3,4)5/h6-9H,1-5H3. The van der Waals surface area contributed by atoms with Gasteiger partial charge in [-0.2, -0.15) is 0 Å². The molecule has 0 N–H and O–H groups in total. The predicted molar refractivity (Wildman–Crippen MR) is 76.2 cm³/mol. The molecule has 0 aliphatic carbocycles. The van der Waals surface area contributed by atoms with Gasteiger partial charge in [0, 0.05) is 0 Å². The third-order valence-corrected chi connectivity index (χ3v) is 2.86. The molecular formula is C15H19NO4. The summed E-state index contributed by atoms with van der Waals surface area (Å²) < 4.78 is 11.2. The summed E-state index contributed by atoms with van der Waals surface area (Å²) in [6.07, 6.45) is -0.689. The number of nitrogens with zero attached hydrogens (tertiary/aromatic N) is 1. The lowest BCUT2D eigenvalue weighted by atomic mass is 10.0. The van der Waals surface area contributed by atoms with Gasteiger partial charge in [0.25, 0.3) is 0 Å². The van der Waals surface area contributed by atoms with Crippen molar-refractivity contribution in [3.8, 4) is 0 Å². The van der Waals surface area contributed by atoms with Crippen LogP contribution >= 0.6 is 0 Å². The third kappa shape index (κ3) is 2.76. The van der Waals surface area contributed by atoms with Gasteiger partial charge in [0.1, 0.15) is 11.1 Å². The maximum absolute atomic E-state index is 12.1. The molecule has 0 unspecified atom stereocenters. The molecule has 1 heterocycles. The molecule has 0 atom stereocenters. The number of carbonyl (C=O) groups excluding carboxylic acids is 1. The molecule has 0 fully saturated rings. The number of carbonyl (C=O) groups is 1. The molecule has 0 bridgehead atoms. The molecule has 5 nitrogen and oxygen atoms in total. The van der Waals surface area contributed by atoms with Crippen LogP contribution in [0.2, 0.25) is 0 Å². The highest BCUT2D eigenvalue weighted by Crippen LogP contribution is 2.21. The first-order valence-corrected chi connectivity index (χ1v) is 6.58. The van der Waals surface area contributed by atoms with Gasteiger partial charge in [-0.05, 0) is 44.4 Å². The molecule has 0 saturated heterocycles. The van der Waals surface area contributed by atoms with Crippen molar-refractivity contribution < 1.29 is 14.1 Å². The maximum atomic E-state index is 12.1. The minimum Gasteiger partial charge on any atom is -0.441 e. The van der Waals surface area contributed by atoms with Gasteiger partial charge in [-0.25, -0.2) is 9.59 Å². The largest absolute Gasteiger partial charge is 0.448 e. The molecule has 1 aromatic heterocycles. The Kier molecular flexibility index (Phi) is 3.46. The molecule has 1 aromatic carbocycles. The van der Waals surface area contributed by atoms with Crippen molar-refractivity contribution in [1.29, 1.82) is 0 Å². The number of fused-ring (bicyclic) bond motifs is 1. The molecule has 2 aromatic rings. The van der Waals surface area contributed by atoms with Gasteiger partial charge in [-0.1, -0.05) is 19.9 Å². The first-order chi connectivity index (χ1) is 9.19. The lowest BCUT2D eigenvalue weighted by Gasteiger charge is -2.18. The van der Waals surface area contributed by atoms with E-state index in [1.54, 1.807) is 32.9 Å². The van der Waals surface area contributed by atoms with Crippen molar-refractivity contribution >= 4 is 17.0 Å². The van der Waals surface area contributed by atoms with Gasteiger partial charge in [0.2, 0.25) is 0 Å². The topological polar surface area (TPSA) is 61.4 Å². The van der Waals surface area contributed by atoms with Crippen LogP contribution in [0.15, 0.2) is 27.5 Å². The molecule has 5 heteroatoms. The van der Waals surface area contributed by atoms with Crippen molar-refractivity contribution in [2.75, 3.05) is 0 Å². The normalized spacial score (nSPS) is 12.1. The Morgan fingerprint density at radius 1 is 1.30 bits per heavy atom. The molecular weight excluding hydrogens is 258 g/mol. The minimum absolute atomic E-state index is 0.288. The summed E-state index contributed by atoms with van der Waals surface area (Å²) in [5, 5.41) is 0.375. The number of benzene rings is 1. The van der Waals surface area contributed by atoms with Gasteiger partial charge in [-0.3, -0.25) is 0 Å². The van der Waals surface area contributed by atoms with Crippen LogP contribution in [0.1, 0.15) is 46.1 Å². The van der Waals surface area contributed by atoms with Crippen LogP contribution in [-0.4, -0.2) is 16.4 Å². The average Bonchev–Trinajstić information content (AvgIpc) is 2.64. The zero-order valence-electron chi connectivity index (χ0n) is 12.4. The number of aromatic nitrogens is 1. The second kappa shape index (κ2) is 4.81. The quantitative estimate of drug-likeness (QED) is 0.800. The molecule has 0 amide bonds. The van der Waals surface area contributed by atoms with E-state index >= 15 is 0 Å². The van der Waals surface area contributed by atoms with Crippen LogP contribution in [0.5, 0.6) is 0 Å². The van der Waals surface area contributed by atoms with Crippen molar-refractivity contribution in [2.24, 2.45) is 0 Å². The minimum atomic E-state index is -0.689. The van der Waals surface area contributed by atoms with E-state index in [9.17, 15) is 9.59 Å². The van der Waals surface area contributed by atoms with Gasteiger partial charge in [0.05, 0.1) is 5.39 Å². The molecule has 2 rings (SSSR count). The molecule has 0 aliphatic heterocycles. The summed E-state index contributed by atoms with van der Waals surface area (Å²) in [6, 6.07) is 5.33. The van der Waals surface area contributed by atoms with E-state index in [-0.39, 0.29) is 5.92 Å². The Hall–Kier alpha value is -2.04. The number of hydrogen-bond donors (Lipinski definition) is 0. The molecule has 0 aliphatic rings. The van der Waals surface area contributed by atoms with Crippen molar-refractivity contribution in [3.05, 3.63) is 34.2 Å². The smallest absolute Gasteiger partial charge is 0.441 e. The number of ether oxygens (including phenoxy) is 1. The van der Waals surface area contributed by atoms with Crippen molar-refractivity contribution in [2.45, 2.75) is 46.1 Å². The van der Waals surface area contributed by atoms with Crippen LogP contribution in [0, 0.1) is 0 Å². The summed E-state index contributed by atoms with van der Waals surface area (Å²) in [5.74, 6) is 0.288. The van der Waals surface area contributed by atoms with E-state index in [4.69, 9.17) is 9.26 Å². The van der Waals surface area contributed by atoms with Gasteiger partial charge >= 0.3 is 11.7 Å². The average molecular weight is 277 g/mol. The monoisotopic (exact) mass is 277 g/mol. The highest BCUT2D eigenvalue weighted by Gasteiger charge is 2.22. The summed E-state index contributed by atoms with van der Waals surface area (Å²) in [6.45, 7) is 9.35. The maximum Gasteiger partial charge on any atom is 0.448 e. The van der Waals surface area contributed by atoms with Crippen LogP contribution in [0.25, 0.3) is 10.9 Å². The Bertz CT molecular complexity index is 701. The Morgan fingerprint density at radius 3 is 2.50 bits per heavy atom. The fourth-order valence-corrected chi connectivity index (χ4v) is 1.87. The first kappa shape index (κ1) is 14.4. The van der Waals surface area contributed by atoms with E-state index < -0.39 is 17.3 Å². The number of hydrogen-bond acceptors (Lipinski definition) is 4. The molecule has 0 saturated carbocycles. The first-order valence-electron chi connectivity index (χ1n) is 6.58. The Balaban J connectivity index is 2.56. The summed E-state index contributed by atoms with van der Waals surface area (Å²) in [7, 11) is 0. The lowest BCUT2D eigenvalue weighted by Crippen LogP contribution is -2.26. The van der Waals surface area contributed by atoms with E-state index in [1.807, 2.05) is 19.9 Å². The number of rotatable bonds is 1. The highest BCUT2D eigenvalue weighted by molar-refractivity contribution is 5.87. The molecule has 0 spiro atoms. The van der Waals surface area contributed by atoms with Gasteiger partial charge < -0.3 is 9.26 Å². The van der Waals surface area contributed by atoms with Crippen molar-refractivity contribution in [3.63, 3.8) is 0 Å². The Morgan fingerprint density at radius 2 is 1.95 bits per heavy atom.